The monoisotopic (exact) mass is 378 g/mol. The van der Waals surface area contributed by atoms with Crippen LogP contribution in [0, 0.1) is 11.7 Å². The molecular weight excluding hydrogens is 347 g/mol. The van der Waals surface area contributed by atoms with Crippen LogP contribution in [0.1, 0.15) is 25.7 Å². The molecule has 0 radical (unpaired) electrons. The molecule has 2 fully saturated rings. The van der Waals surface area contributed by atoms with Gasteiger partial charge in [0.1, 0.15) is 5.82 Å². The normalized spacial score (nSPS) is 22.0. The van der Waals surface area contributed by atoms with Gasteiger partial charge in [-0.15, -0.1) is 11.8 Å². The first-order chi connectivity index (χ1) is 12.8. The van der Waals surface area contributed by atoms with Gasteiger partial charge in [0.2, 0.25) is 0 Å². The number of thioether (sulfide) groups is 1. The zero-order chi connectivity index (χ0) is 18.2. The van der Waals surface area contributed by atoms with Gasteiger partial charge in [0.05, 0.1) is 0 Å². The molecule has 0 bridgehead atoms. The van der Waals surface area contributed by atoms with Crippen molar-refractivity contribution in [3.8, 4) is 0 Å². The lowest BCUT2D eigenvalue weighted by Gasteiger charge is -2.29. The Kier molecular flexibility index (Phi) is 7.62. The van der Waals surface area contributed by atoms with Crippen molar-refractivity contribution in [1.29, 1.82) is 0 Å². The summed E-state index contributed by atoms with van der Waals surface area (Å²) < 4.78 is 13.6. The summed E-state index contributed by atoms with van der Waals surface area (Å²) in [4.78, 5) is 10.2. The van der Waals surface area contributed by atoms with E-state index in [0.29, 0.717) is 4.90 Å². The maximum absolute atomic E-state index is 13.6. The Labute approximate surface area is 161 Å². The highest BCUT2D eigenvalue weighted by molar-refractivity contribution is 7.99. The summed E-state index contributed by atoms with van der Waals surface area (Å²) in [6.07, 6.45) is 5.37. The van der Waals surface area contributed by atoms with Crippen molar-refractivity contribution in [1.82, 2.24) is 15.1 Å². The van der Waals surface area contributed by atoms with Gasteiger partial charge in [0.25, 0.3) is 0 Å². The molecule has 1 aromatic rings. The van der Waals surface area contributed by atoms with Crippen molar-refractivity contribution in [2.45, 2.75) is 30.6 Å². The number of rotatable bonds is 6. The van der Waals surface area contributed by atoms with Gasteiger partial charge < -0.3 is 15.1 Å². The van der Waals surface area contributed by atoms with Crippen LogP contribution in [0.2, 0.25) is 0 Å². The van der Waals surface area contributed by atoms with E-state index < -0.39 is 0 Å². The third-order valence-electron chi connectivity index (χ3n) is 5.24. The predicted octanol–water partition coefficient (Wildman–Crippen LogP) is 3.30. The molecule has 0 saturated carbocycles. The summed E-state index contributed by atoms with van der Waals surface area (Å²) >= 11 is 1.55. The molecule has 6 heteroatoms. The number of hydrogen-bond acceptors (Lipinski definition) is 3. The van der Waals surface area contributed by atoms with Crippen LogP contribution in [-0.2, 0) is 0 Å². The van der Waals surface area contributed by atoms with Crippen LogP contribution in [0.4, 0.5) is 4.39 Å². The Morgan fingerprint density at radius 3 is 2.81 bits per heavy atom. The fraction of sp³-hybridized carbons (Fsp3) is 0.650. The quantitative estimate of drug-likeness (QED) is 0.356. The van der Waals surface area contributed by atoms with Crippen molar-refractivity contribution >= 4 is 17.7 Å². The van der Waals surface area contributed by atoms with E-state index in [-0.39, 0.29) is 5.82 Å². The summed E-state index contributed by atoms with van der Waals surface area (Å²) in [6, 6.07) is 6.96. The molecule has 1 unspecified atom stereocenters. The first-order valence-electron chi connectivity index (χ1n) is 9.81. The molecule has 0 aromatic heterocycles. The van der Waals surface area contributed by atoms with Gasteiger partial charge in [-0.1, -0.05) is 18.6 Å². The zero-order valence-electron chi connectivity index (χ0n) is 15.8. The molecule has 1 aromatic carbocycles. The number of aliphatic imine (C=N–C) groups is 1. The lowest BCUT2D eigenvalue weighted by atomic mass is 10.1. The Balaban J connectivity index is 1.38. The summed E-state index contributed by atoms with van der Waals surface area (Å²) in [5, 5.41) is 3.44. The minimum Gasteiger partial charge on any atom is -0.355 e. The minimum atomic E-state index is -0.137. The van der Waals surface area contributed by atoms with E-state index in [1.165, 1.54) is 51.4 Å². The number of hydrogen-bond donors (Lipinski definition) is 1. The van der Waals surface area contributed by atoms with Gasteiger partial charge in [0, 0.05) is 43.9 Å². The van der Waals surface area contributed by atoms with Crippen LogP contribution in [0.3, 0.4) is 0 Å². The third-order valence-corrected chi connectivity index (χ3v) is 6.29. The van der Waals surface area contributed by atoms with Crippen molar-refractivity contribution in [3.05, 3.63) is 30.1 Å². The van der Waals surface area contributed by atoms with Gasteiger partial charge in [-0.3, -0.25) is 4.99 Å². The second-order valence-corrected chi connectivity index (χ2v) is 8.35. The van der Waals surface area contributed by atoms with E-state index >= 15 is 0 Å². The summed E-state index contributed by atoms with van der Waals surface area (Å²) in [5.74, 6) is 2.42. The van der Waals surface area contributed by atoms with Crippen molar-refractivity contribution in [2.75, 3.05) is 52.1 Å². The van der Waals surface area contributed by atoms with E-state index in [9.17, 15) is 4.39 Å². The fourth-order valence-corrected chi connectivity index (χ4v) is 4.70. The molecule has 0 amide bonds. The minimum absolute atomic E-state index is 0.137. The van der Waals surface area contributed by atoms with Gasteiger partial charge in [-0.25, -0.2) is 4.39 Å². The molecular formula is C20H31FN4S. The van der Waals surface area contributed by atoms with E-state index in [1.807, 2.05) is 19.2 Å². The molecule has 0 spiro atoms. The van der Waals surface area contributed by atoms with E-state index in [1.54, 1.807) is 17.8 Å². The molecule has 1 N–H and O–H groups in total. The molecule has 144 valence electrons. The van der Waals surface area contributed by atoms with Crippen LogP contribution in [0.5, 0.6) is 0 Å². The highest BCUT2D eigenvalue weighted by Gasteiger charge is 2.26. The first-order valence-corrected chi connectivity index (χ1v) is 10.8. The van der Waals surface area contributed by atoms with Crippen molar-refractivity contribution in [3.63, 3.8) is 0 Å². The number of nitrogens with one attached hydrogen (secondary N) is 1. The Hall–Kier alpha value is -1.27. The molecule has 3 rings (SSSR count). The zero-order valence-corrected chi connectivity index (χ0v) is 16.6. The van der Waals surface area contributed by atoms with Crippen molar-refractivity contribution < 1.29 is 4.39 Å². The lowest BCUT2D eigenvalue weighted by molar-refractivity contribution is 0.198. The largest absolute Gasteiger partial charge is 0.355 e. The summed E-state index contributed by atoms with van der Waals surface area (Å²) in [6.45, 7) is 6.75. The fourth-order valence-electron chi connectivity index (χ4n) is 3.90. The second-order valence-electron chi connectivity index (χ2n) is 7.21. The molecule has 4 nitrogen and oxygen atoms in total. The highest BCUT2D eigenvalue weighted by Crippen LogP contribution is 2.21. The van der Waals surface area contributed by atoms with Gasteiger partial charge >= 0.3 is 0 Å². The van der Waals surface area contributed by atoms with Crippen LogP contribution >= 0.6 is 11.8 Å². The molecule has 2 saturated heterocycles. The highest BCUT2D eigenvalue weighted by atomic mass is 32.2. The third kappa shape index (κ3) is 5.61. The standard InChI is InChI=1S/C20H31FN4S/c1-22-20(23-10-14-26-19-8-4-3-7-18(19)21)25-13-9-17(16-25)15-24-11-5-2-6-12-24/h3-4,7-8,17H,2,5-6,9-16H2,1H3,(H,22,23). The summed E-state index contributed by atoms with van der Waals surface area (Å²) in [5.41, 5.74) is 0. The van der Waals surface area contributed by atoms with E-state index in [4.69, 9.17) is 0 Å². The number of benzene rings is 1. The molecule has 2 aliphatic rings. The second kappa shape index (κ2) is 10.2. The van der Waals surface area contributed by atoms with Gasteiger partial charge in [-0.2, -0.15) is 0 Å². The Morgan fingerprint density at radius 1 is 1.23 bits per heavy atom. The number of guanidine groups is 1. The lowest BCUT2D eigenvalue weighted by Crippen LogP contribution is -2.42. The average molecular weight is 379 g/mol. The molecule has 0 aliphatic carbocycles. The number of piperidine rings is 1. The molecule has 2 heterocycles. The maximum Gasteiger partial charge on any atom is 0.193 e. The maximum atomic E-state index is 13.6. The van der Waals surface area contributed by atoms with Crippen LogP contribution in [0.25, 0.3) is 0 Å². The topological polar surface area (TPSA) is 30.9 Å². The summed E-state index contributed by atoms with van der Waals surface area (Å²) in [7, 11) is 1.85. The van der Waals surface area contributed by atoms with Gasteiger partial charge in [0.15, 0.2) is 5.96 Å². The smallest absolute Gasteiger partial charge is 0.193 e. The van der Waals surface area contributed by atoms with Crippen LogP contribution < -0.4 is 5.32 Å². The number of nitrogens with zero attached hydrogens (tertiary/aromatic N) is 3. The Bertz CT molecular complexity index is 589. The molecule has 26 heavy (non-hydrogen) atoms. The predicted molar refractivity (Wildman–Crippen MR) is 108 cm³/mol. The number of likely N-dealkylation sites (tertiary alicyclic amines) is 2. The van der Waals surface area contributed by atoms with Crippen LogP contribution in [-0.4, -0.2) is 67.8 Å². The van der Waals surface area contributed by atoms with Crippen molar-refractivity contribution in [2.24, 2.45) is 10.9 Å². The van der Waals surface area contributed by atoms with E-state index in [0.717, 1.165) is 37.3 Å². The van der Waals surface area contributed by atoms with Gasteiger partial charge in [-0.05, 0) is 50.4 Å². The van der Waals surface area contributed by atoms with E-state index in [2.05, 4.69) is 20.1 Å². The Morgan fingerprint density at radius 2 is 2.04 bits per heavy atom. The molecule has 1 atom stereocenters. The van der Waals surface area contributed by atoms with Crippen LogP contribution in [0.15, 0.2) is 34.2 Å². The average Bonchev–Trinajstić information content (AvgIpc) is 3.12. The first kappa shape index (κ1) is 19.5. The molecule has 2 aliphatic heterocycles. The number of halogens is 1. The SMILES string of the molecule is CN=C(NCCSc1ccccc1F)N1CCC(CN2CCCCC2)C1.